The number of carbonyl (C=O) groups is 1. The van der Waals surface area contributed by atoms with Crippen molar-refractivity contribution in [2.75, 3.05) is 13.7 Å². The first-order valence-electron chi connectivity index (χ1n) is 10.0. The summed E-state index contributed by atoms with van der Waals surface area (Å²) in [4.78, 5) is 24.8. The second-order valence-corrected chi connectivity index (χ2v) is 7.39. The van der Waals surface area contributed by atoms with E-state index in [1.807, 2.05) is 0 Å². The first-order valence-corrected chi connectivity index (χ1v) is 10.0. The number of hydrogen-bond donors (Lipinski definition) is 4. The molecule has 2 aromatic carbocycles. The van der Waals surface area contributed by atoms with Gasteiger partial charge in [-0.05, 0) is 48.7 Å². The molecule has 168 valence electrons. The van der Waals surface area contributed by atoms with Gasteiger partial charge >= 0.3 is 0 Å². The monoisotopic (exact) mass is 439 g/mol. The second kappa shape index (κ2) is 9.91. The smallest absolute Gasteiger partial charge is 0.227 e. The fourth-order valence-corrected chi connectivity index (χ4v) is 3.39. The Morgan fingerprint density at radius 3 is 2.44 bits per heavy atom. The molecule has 1 heterocycles. The average molecular weight is 439 g/mol. The molecule has 3 rings (SSSR count). The minimum Gasteiger partial charge on any atom is -0.504 e. The van der Waals surface area contributed by atoms with E-state index in [-0.39, 0.29) is 29.6 Å². The predicted octanol–water partition coefficient (Wildman–Crippen LogP) is 2.95. The van der Waals surface area contributed by atoms with E-state index in [4.69, 9.17) is 9.15 Å². The lowest BCUT2D eigenvalue weighted by Gasteiger charge is -2.18. The maximum Gasteiger partial charge on any atom is 0.227 e. The lowest BCUT2D eigenvalue weighted by atomic mass is 9.91. The number of benzene rings is 2. The quantitative estimate of drug-likeness (QED) is 0.397. The first kappa shape index (κ1) is 22.7. The number of phenolic OH excluding ortho intramolecular Hbond substituents is 2. The molecule has 0 bridgehead atoms. The van der Waals surface area contributed by atoms with Crippen molar-refractivity contribution in [2.45, 2.75) is 25.7 Å². The van der Waals surface area contributed by atoms with Crippen molar-refractivity contribution < 1.29 is 29.3 Å². The van der Waals surface area contributed by atoms with E-state index in [2.05, 4.69) is 5.32 Å². The maximum atomic E-state index is 12.7. The summed E-state index contributed by atoms with van der Waals surface area (Å²) < 4.78 is 10.8. The van der Waals surface area contributed by atoms with Crippen molar-refractivity contribution in [3.63, 3.8) is 0 Å². The Morgan fingerprint density at radius 1 is 1.06 bits per heavy atom. The number of amides is 1. The highest BCUT2D eigenvalue weighted by atomic mass is 16.5. The van der Waals surface area contributed by atoms with Crippen LogP contribution in [0.2, 0.25) is 0 Å². The molecular formula is C24H25NO7. The second-order valence-electron chi connectivity index (χ2n) is 7.39. The molecule has 0 spiro atoms. The molecule has 0 aliphatic heterocycles. The van der Waals surface area contributed by atoms with Crippen molar-refractivity contribution in [3.05, 3.63) is 81.4 Å². The third kappa shape index (κ3) is 5.40. The van der Waals surface area contributed by atoms with Gasteiger partial charge in [-0.25, -0.2) is 0 Å². The molecule has 1 amide bonds. The molecule has 1 unspecified atom stereocenters. The van der Waals surface area contributed by atoms with Gasteiger partial charge in [-0.1, -0.05) is 18.2 Å². The highest BCUT2D eigenvalue weighted by Crippen LogP contribution is 2.33. The van der Waals surface area contributed by atoms with Crippen LogP contribution in [0.15, 0.2) is 57.7 Å². The van der Waals surface area contributed by atoms with Gasteiger partial charge in [0.25, 0.3) is 0 Å². The predicted molar refractivity (Wildman–Crippen MR) is 117 cm³/mol. The van der Waals surface area contributed by atoms with Crippen LogP contribution < -0.4 is 15.5 Å². The van der Waals surface area contributed by atoms with Crippen LogP contribution >= 0.6 is 0 Å². The molecule has 0 aliphatic carbocycles. The number of aromatic hydroxyl groups is 3. The van der Waals surface area contributed by atoms with Gasteiger partial charge in [0.1, 0.15) is 11.5 Å². The van der Waals surface area contributed by atoms with Crippen LogP contribution in [0.4, 0.5) is 0 Å². The number of aryl methyl sites for hydroxylation is 1. The SMILES string of the molecule is COc1ccc(C(CC(=O)NCCc2ccc(O)c(O)c2)c2oc(C)cc(=O)c2O)cc1. The van der Waals surface area contributed by atoms with Crippen LogP contribution in [0.5, 0.6) is 23.0 Å². The molecule has 3 aromatic rings. The fraction of sp³-hybridized carbons (Fsp3) is 0.250. The van der Waals surface area contributed by atoms with E-state index in [1.54, 1.807) is 44.4 Å². The Balaban J connectivity index is 1.78. The summed E-state index contributed by atoms with van der Waals surface area (Å²) in [7, 11) is 1.54. The summed E-state index contributed by atoms with van der Waals surface area (Å²) in [6.45, 7) is 1.89. The van der Waals surface area contributed by atoms with Gasteiger partial charge in [0, 0.05) is 19.0 Å². The minimum absolute atomic E-state index is 0.0266. The van der Waals surface area contributed by atoms with E-state index in [9.17, 15) is 24.9 Å². The number of nitrogens with one attached hydrogen (secondary N) is 1. The summed E-state index contributed by atoms with van der Waals surface area (Å²) in [6, 6.07) is 12.6. The Labute approximate surface area is 184 Å². The van der Waals surface area contributed by atoms with Crippen molar-refractivity contribution in [1.82, 2.24) is 5.32 Å². The van der Waals surface area contributed by atoms with Crippen LogP contribution in [-0.4, -0.2) is 34.9 Å². The van der Waals surface area contributed by atoms with Gasteiger partial charge in [0.05, 0.1) is 13.0 Å². The summed E-state index contributed by atoms with van der Waals surface area (Å²) >= 11 is 0. The Morgan fingerprint density at radius 2 is 1.78 bits per heavy atom. The van der Waals surface area contributed by atoms with E-state index in [0.717, 1.165) is 5.56 Å². The maximum absolute atomic E-state index is 12.7. The van der Waals surface area contributed by atoms with Gasteiger partial charge in [0.15, 0.2) is 17.3 Å². The largest absolute Gasteiger partial charge is 0.504 e. The summed E-state index contributed by atoms with van der Waals surface area (Å²) in [5, 5.41) is 32.1. The zero-order chi connectivity index (χ0) is 23.3. The molecular weight excluding hydrogens is 414 g/mol. The van der Waals surface area contributed by atoms with Gasteiger partial charge in [-0.2, -0.15) is 0 Å². The Hall–Kier alpha value is -3.94. The Kier molecular flexibility index (Phi) is 7.04. The number of phenols is 2. The normalized spacial score (nSPS) is 11.7. The van der Waals surface area contributed by atoms with E-state index in [0.29, 0.717) is 30.0 Å². The summed E-state index contributed by atoms with van der Waals surface area (Å²) in [5.41, 5.74) is 0.845. The first-order chi connectivity index (χ1) is 15.3. The highest BCUT2D eigenvalue weighted by molar-refractivity contribution is 5.77. The lowest BCUT2D eigenvalue weighted by Crippen LogP contribution is -2.27. The molecule has 4 N–H and O–H groups in total. The van der Waals surface area contributed by atoms with E-state index >= 15 is 0 Å². The van der Waals surface area contributed by atoms with Crippen LogP contribution in [0.25, 0.3) is 0 Å². The van der Waals surface area contributed by atoms with E-state index in [1.165, 1.54) is 18.2 Å². The molecule has 0 saturated carbocycles. The zero-order valence-corrected chi connectivity index (χ0v) is 17.8. The van der Waals surface area contributed by atoms with Gasteiger partial charge in [-0.3, -0.25) is 9.59 Å². The summed E-state index contributed by atoms with van der Waals surface area (Å²) in [6.07, 6.45) is 0.380. The highest BCUT2D eigenvalue weighted by Gasteiger charge is 2.25. The molecule has 1 aromatic heterocycles. The van der Waals surface area contributed by atoms with Gasteiger partial charge < -0.3 is 29.8 Å². The van der Waals surface area contributed by atoms with Gasteiger partial charge in [-0.15, -0.1) is 0 Å². The molecule has 0 aliphatic rings. The number of ether oxygens (including phenoxy) is 1. The number of methoxy groups -OCH3 is 1. The Bertz CT molecular complexity index is 1150. The van der Waals surface area contributed by atoms with Crippen molar-refractivity contribution in [3.8, 4) is 23.0 Å². The number of rotatable bonds is 8. The van der Waals surface area contributed by atoms with Crippen LogP contribution in [0, 0.1) is 6.92 Å². The molecule has 32 heavy (non-hydrogen) atoms. The minimum atomic E-state index is -0.689. The van der Waals surface area contributed by atoms with Crippen molar-refractivity contribution in [2.24, 2.45) is 0 Å². The van der Waals surface area contributed by atoms with Crippen LogP contribution in [0.1, 0.15) is 35.0 Å². The van der Waals surface area contributed by atoms with Crippen LogP contribution in [-0.2, 0) is 11.2 Å². The number of hydrogen-bond acceptors (Lipinski definition) is 7. The molecule has 1 atom stereocenters. The van der Waals surface area contributed by atoms with Gasteiger partial charge in [0.2, 0.25) is 17.1 Å². The lowest BCUT2D eigenvalue weighted by molar-refractivity contribution is -0.121. The molecule has 8 heteroatoms. The average Bonchev–Trinajstić information content (AvgIpc) is 2.77. The molecule has 0 fully saturated rings. The standard InChI is InChI=1S/C24H25NO7/c1-14-11-21(28)23(30)24(32-14)18(16-4-6-17(31-2)7-5-16)13-22(29)25-10-9-15-3-8-19(26)20(27)12-15/h3-8,11-12,18,26-27,30H,9-10,13H2,1-2H3,(H,25,29). The topological polar surface area (TPSA) is 129 Å². The third-order valence-corrected chi connectivity index (χ3v) is 5.07. The molecule has 0 saturated heterocycles. The third-order valence-electron chi connectivity index (χ3n) is 5.07. The van der Waals surface area contributed by atoms with Crippen molar-refractivity contribution >= 4 is 5.91 Å². The molecule has 8 nitrogen and oxygen atoms in total. The fourth-order valence-electron chi connectivity index (χ4n) is 3.39. The zero-order valence-electron chi connectivity index (χ0n) is 17.8. The van der Waals surface area contributed by atoms with Crippen molar-refractivity contribution in [1.29, 1.82) is 0 Å². The number of carbonyl (C=O) groups excluding carboxylic acids is 1. The summed E-state index contributed by atoms with van der Waals surface area (Å²) in [5.74, 6) is -0.970. The molecule has 0 radical (unpaired) electrons. The van der Waals surface area contributed by atoms with E-state index < -0.39 is 17.1 Å². The van der Waals surface area contributed by atoms with Crippen LogP contribution in [0.3, 0.4) is 0 Å².